The van der Waals surface area contributed by atoms with Gasteiger partial charge in [-0.15, -0.1) is 0 Å². The predicted molar refractivity (Wildman–Crippen MR) is 75.1 cm³/mol. The van der Waals surface area contributed by atoms with Gasteiger partial charge in [-0.1, -0.05) is 0 Å². The zero-order valence-corrected chi connectivity index (χ0v) is 12.7. The molecule has 118 valence electrons. The van der Waals surface area contributed by atoms with Gasteiger partial charge in [0, 0.05) is 19.0 Å². The second-order valence-corrected chi connectivity index (χ2v) is 7.46. The average molecular weight is 304 g/mol. The Morgan fingerprint density at radius 3 is 2.64 bits per heavy atom. The number of nitrogens with zero attached hydrogens (tertiary/aromatic N) is 2. The molecule has 6 nitrogen and oxygen atoms in total. The average Bonchev–Trinajstić information content (AvgIpc) is 3.02. The van der Waals surface area contributed by atoms with Crippen LogP contribution in [0.15, 0.2) is 12.4 Å². The molecule has 2 bridgehead atoms. The molecular weight excluding hydrogens is 284 g/mol. The molecule has 0 amide bonds. The lowest BCUT2D eigenvalue weighted by Crippen LogP contribution is -2.71. The zero-order valence-electron chi connectivity index (χ0n) is 12.7. The molecule has 22 heavy (non-hydrogen) atoms. The van der Waals surface area contributed by atoms with E-state index in [1.54, 1.807) is 0 Å². The van der Waals surface area contributed by atoms with Gasteiger partial charge in [-0.3, -0.25) is 9.48 Å². The molecule has 1 saturated heterocycles. The summed E-state index contributed by atoms with van der Waals surface area (Å²) in [4.78, 5) is 11.8. The molecule has 4 aliphatic carbocycles. The smallest absolute Gasteiger partial charge is 0.312 e. The number of rotatable bonds is 3. The third kappa shape index (κ3) is 1.47. The largest absolute Gasteiger partial charge is 0.469 e. The van der Waals surface area contributed by atoms with E-state index in [0.29, 0.717) is 19.1 Å². The molecule has 0 atom stereocenters. The Morgan fingerprint density at radius 2 is 2.00 bits per heavy atom. The summed E-state index contributed by atoms with van der Waals surface area (Å²) in [5, 5.41) is 4.57. The normalized spacial score (nSPS) is 38.2. The number of hydrogen-bond donors (Lipinski definition) is 0. The van der Waals surface area contributed by atoms with Gasteiger partial charge in [0.25, 0.3) is 0 Å². The third-order valence-corrected chi connectivity index (χ3v) is 6.11. The topological polar surface area (TPSA) is 62.6 Å². The monoisotopic (exact) mass is 304 g/mol. The highest BCUT2D eigenvalue weighted by Crippen LogP contribution is 2.71. The molecule has 0 N–H and O–H groups in total. The van der Waals surface area contributed by atoms with Gasteiger partial charge in [0.05, 0.1) is 37.5 Å². The minimum atomic E-state index is -0.308. The molecule has 5 fully saturated rings. The van der Waals surface area contributed by atoms with Gasteiger partial charge in [0.1, 0.15) is 0 Å². The summed E-state index contributed by atoms with van der Waals surface area (Å²) in [5.41, 5.74) is 1.11. The zero-order chi connectivity index (χ0) is 15.0. The van der Waals surface area contributed by atoms with E-state index in [9.17, 15) is 4.79 Å². The van der Waals surface area contributed by atoms with Gasteiger partial charge in [-0.25, -0.2) is 0 Å². The summed E-state index contributed by atoms with van der Waals surface area (Å²) in [5.74, 6) is 0.116. The van der Waals surface area contributed by atoms with Crippen LogP contribution < -0.4 is 0 Å². The lowest BCUT2D eigenvalue weighted by Gasteiger charge is -2.67. The first kappa shape index (κ1) is 13.1. The van der Waals surface area contributed by atoms with Crippen molar-refractivity contribution in [3.8, 4) is 0 Å². The number of carbonyl (C=O) groups excluding carboxylic acids is 1. The molecule has 0 aromatic carbocycles. The van der Waals surface area contributed by atoms with Gasteiger partial charge < -0.3 is 14.2 Å². The molecule has 6 heteroatoms. The van der Waals surface area contributed by atoms with E-state index < -0.39 is 0 Å². The Kier molecular flexibility index (Phi) is 2.33. The van der Waals surface area contributed by atoms with Crippen molar-refractivity contribution in [1.82, 2.24) is 9.78 Å². The number of ether oxygens (including phenoxy) is 3. The maximum atomic E-state index is 11.8. The van der Waals surface area contributed by atoms with Crippen LogP contribution in [0.2, 0.25) is 0 Å². The minimum Gasteiger partial charge on any atom is -0.469 e. The molecule has 2 heterocycles. The molecule has 6 rings (SSSR count). The minimum absolute atomic E-state index is 0.0572. The Labute approximate surface area is 128 Å². The second kappa shape index (κ2) is 3.92. The number of carbonyl (C=O) groups is 1. The van der Waals surface area contributed by atoms with Crippen LogP contribution in [0.4, 0.5) is 0 Å². The van der Waals surface area contributed by atoms with Crippen molar-refractivity contribution in [2.24, 2.45) is 5.41 Å². The molecule has 1 spiro atoms. The van der Waals surface area contributed by atoms with Gasteiger partial charge >= 0.3 is 5.97 Å². The van der Waals surface area contributed by atoms with Gasteiger partial charge in [-0.05, 0) is 30.7 Å². The second-order valence-electron chi connectivity index (χ2n) is 7.46. The van der Waals surface area contributed by atoms with E-state index in [1.165, 1.54) is 12.7 Å². The van der Waals surface area contributed by atoms with Crippen molar-refractivity contribution in [2.45, 2.75) is 49.3 Å². The Bertz CT molecular complexity index is 619. The van der Waals surface area contributed by atoms with Crippen LogP contribution in [0.1, 0.15) is 43.6 Å². The quantitative estimate of drug-likeness (QED) is 0.793. The van der Waals surface area contributed by atoms with E-state index in [-0.39, 0.29) is 22.7 Å². The van der Waals surface area contributed by atoms with Crippen molar-refractivity contribution < 1.29 is 19.0 Å². The van der Waals surface area contributed by atoms with Gasteiger partial charge in [-0.2, -0.15) is 5.10 Å². The van der Waals surface area contributed by atoms with Crippen molar-refractivity contribution in [2.75, 3.05) is 20.3 Å². The van der Waals surface area contributed by atoms with Gasteiger partial charge in [0.15, 0.2) is 5.79 Å². The summed E-state index contributed by atoms with van der Waals surface area (Å²) in [7, 11) is 1.47. The summed E-state index contributed by atoms with van der Waals surface area (Å²) >= 11 is 0. The first-order valence-electron chi connectivity index (χ1n) is 8.00. The van der Waals surface area contributed by atoms with Crippen LogP contribution in [-0.4, -0.2) is 41.9 Å². The Balaban J connectivity index is 1.26. The van der Waals surface area contributed by atoms with E-state index in [4.69, 9.17) is 14.2 Å². The molecule has 1 aromatic rings. The summed E-state index contributed by atoms with van der Waals surface area (Å²) in [6.45, 7) is 1.43. The van der Waals surface area contributed by atoms with Crippen LogP contribution >= 0.6 is 0 Å². The van der Waals surface area contributed by atoms with Crippen LogP contribution in [0, 0.1) is 5.41 Å². The number of hydrogen-bond acceptors (Lipinski definition) is 5. The first-order valence-corrected chi connectivity index (χ1v) is 8.00. The van der Waals surface area contributed by atoms with Crippen molar-refractivity contribution in [3.05, 3.63) is 18.0 Å². The third-order valence-electron chi connectivity index (χ3n) is 6.11. The Hall–Kier alpha value is -1.40. The summed E-state index contributed by atoms with van der Waals surface area (Å²) in [6, 6.07) is 0. The van der Waals surface area contributed by atoms with E-state index >= 15 is 0 Å². The number of methoxy groups -OCH3 is 1. The van der Waals surface area contributed by atoms with Crippen molar-refractivity contribution >= 4 is 5.97 Å². The molecule has 0 radical (unpaired) electrons. The van der Waals surface area contributed by atoms with Crippen LogP contribution in [0.3, 0.4) is 0 Å². The number of aromatic nitrogens is 2. The van der Waals surface area contributed by atoms with Crippen molar-refractivity contribution in [1.29, 1.82) is 0 Å². The first-order chi connectivity index (χ1) is 10.6. The summed E-state index contributed by atoms with van der Waals surface area (Å²) in [6.07, 6.45) is 8.60. The maximum absolute atomic E-state index is 11.8. The molecule has 4 saturated carbocycles. The lowest BCUT2D eigenvalue weighted by atomic mass is 9.39. The Morgan fingerprint density at radius 1 is 1.32 bits per heavy atom. The van der Waals surface area contributed by atoms with Crippen molar-refractivity contribution in [3.63, 3.8) is 0 Å². The lowest BCUT2D eigenvalue weighted by molar-refractivity contribution is -0.220. The molecule has 1 aliphatic heterocycles. The molecular formula is C16H20N2O4. The fraction of sp³-hybridized carbons (Fsp3) is 0.750. The summed E-state index contributed by atoms with van der Waals surface area (Å²) < 4.78 is 18.4. The predicted octanol–water partition coefficient (Wildman–Crippen LogP) is 1.56. The van der Waals surface area contributed by atoms with E-state index in [1.807, 2.05) is 6.20 Å². The fourth-order valence-corrected chi connectivity index (χ4v) is 4.88. The molecule has 1 aromatic heterocycles. The molecule has 5 aliphatic rings. The highest BCUT2D eigenvalue weighted by Gasteiger charge is 2.74. The maximum Gasteiger partial charge on any atom is 0.312 e. The van der Waals surface area contributed by atoms with E-state index in [2.05, 4.69) is 16.0 Å². The van der Waals surface area contributed by atoms with Gasteiger partial charge in [0.2, 0.25) is 0 Å². The fourth-order valence-electron chi connectivity index (χ4n) is 4.88. The SMILES string of the molecule is COC(=O)C12CC(n3cc(C4CC5(C4)OCCO5)cn3)(C1)C2. The standard InChI is InChI=1S/C16H20N2O4/c1-20-13(19)14-8-15(9-14,10-14)18-7-12(6-17-18)11-4-16(5-11)21-2-3-22-16/h6-7,11H,2-5,8-10H2,1H3. The van der Waals surface area contributed by atoms with Crippen LogP contribution in [-0.2, 0) is 24.5 Å². The van der Waals surface area contributed by atoms with Crippen LogP contribution in [0.5, 0.6) is 0 Å². The van der Waals surface area contributed by atoms with Crippen LogP contribution in [0.25, 0.3) is 0 Å². The van der Waals surface area contributed by atoms with E-state index in [0.717, 1.165) is 32.1 Å². The molecule has 0 unspecified atom stereocenters. The number of esters is 1. The highest BCUT2D eigenvalue weighted by molar-refractivity contribution is 5.81. The highest BCUT2D eigenvalue weighted by atomic mass is 16.7.